The molecule has 0 saturated carbocycles. The Morgan fingerprint density at radius 3 is 2.23 bits per heavy atom. The van der Waals surface area contributed by atoms with Gasteiger partial charge in [-0.2, -0.15) is 0 Å². The molecule has 2 N–H and O–H groups in total. The van der Waals surface area contributed by atoms with Gasteiger partial charge in [0.25, 0.3) is 0 Å². The van der Waals surface area contributed by atoms with Crippen LogP contribution < -0.4 is 0 Å². The van der Waals surface area contributed by atoms with Gasteiger partial charge in [0.15, 0.2) is 0 Å². The number of carbonyl (C=O) groups is 1. The van der Waals surface area contributed by atoms with Crippen molar-refractivity contribution < 1.29 is 15.0 Å². The Balaban J connectivity index is 4.24. The number of hydrogen-bond acceptors (Lipinski definition) is 2. The number of carboxylic acids is 1. The molecule has 0 aromatic heterocycles. The van der Waals surface area contributed by atoms with E-state index in [2.05, 4.69) is 0 Å². The van der Waals surface area contributed by atoms with E-state index in [0.717, 1.165) is 11.6 Å². The van der Waals surface area contributed by atoms with Crippen molar-refractivity contribution in [3.63, 3.8) is 0 Å². The van der Waals surface area contributed by atoms with E-state index in [0.29, 0.717) is 0 Å². The average Bonchev–Trinajstić information content (AvgIpc) is 2.00. The Morgan fingerprint density at radius 1 is 1.31 bits per heavy atom. The molecule has 74 valence electrons. The molecule has 3 heteroatoms. The van der Waals surface area contributed by atoms with Crippen molar-refractivity contribution in [2.75, 3.05) is 0 Å². The molecule has 0 aromatic carbocycles. The van der Waals surface area contributed by atoms with E-state index in [-0.39, 0.29) is 5.92 Å². The molecule has 0 bridgehead atoms. The molecule has 0 amide bonds. The highest BCUT2D eigenvalue weighted by molar-refractivity contribution is 5.80. The minimum Gasteiger partial charge on any atom is -0.478 e. The largest absolute Gasteiger partial charge is 0.478 e. The smallest absolute Gasteiger partial charge is 0.328 e. The third-order valence-electron chi connectivity index (χ3n) is 1.78. The summed E-state index contributed by atoms with van der Waals surface area (Å²) in [6.45, 7) is 5.39. The van der Waals surface area contributed by atoms with Crippen LogP contribution in [0.4, 0.5) is 0 Å². The second-order valence-corrected chi connectivity index (χ2v) is 3.18. The number of aliphatic hydroxyl groups excluding tert-OH is 1. The predicted molar refractivity (Wildman–Crippen MR) is 51.4 cm³/mol. The first-order valence-corrected chi connectivity index (χ1v) is 4.21. The van der Waals surface area contributed by atoms with Crippen LogP contribution in [0.5, 0.6) is 0 Å². The van der Waals surface area contributed by atoms with E-state index in [1.165, 1.54) is 6.08 Å². The van der Waals surface area contributed by atoms with Crippen molar-refractivity contribution in [2.24, 2.45) is 5.92 Å². The summed E-state index contributed by atoms with van der Waals surface area (Å²) in [5.74, 6) is -0.920. The van der Waals surface area contributed by atoms with Gasteiger partial charge in [0.2, 0.25) is 0 Å². The van der Waals surface area contributed by atoms with Crippen LogP contribution in [0.3, 0.4) is 0 Å². The van der Waals surface area contributed by atoms with Gasteiger partial charge < -0.3 is 10.2 Å². The number of allylic oxidation sites excluding steroid dienone is 2. The van der Waals surface area contributed by atoms with Gasteiger partial charge in [-0.3, -0.25) is 0 Å². The highest BCUT2D eigenvalue weighted by atomic mass is 16.4. The van der Waals surface area contributed by atoms with E-state index in [9.17, 15) is 4.79 Å². The van der Waals surface area contributed by atoms with Crippen molar-refractivity contribution >= 4 is 5.97 Å². The normalized spacial score (nSPS) is 17.4. The van der Waals surface area contributed by atoms with Gasteiger partial charge in [0, 0.05) is 12.0 Å². The van der Waals surface area contributed by atoms with Gasteiger partial charge >= 0.3 is 5.97 Å². The van der Waals surface area contributed by atoms with Crippen molar-refractivity contribution in [1.82, 2.24) is 0 Å². The second kappa shape index (κ2) is 5.54. The minimum atomic E-state index is -0.961. The van der Waals surface area contributed by atoms with E-state index in [1.54, 1.807) is 13.8 Å². The zero-order valence-corrected chi connectivity index (χ0v) is 8.19. The predicted octanol–water partition coefficient (Wildman–Crippen LogP) is 1.59. The zero-order valence-electron chi connectivity index (χ0n) is 8.19. The Hall–Kier alpha value is -1.09. The zero-order chi connectivity index (χ0) is 10.4. The van der Waals surface area contributed by atoms with E-state index < -0.39 is 12.1 Å². The lowest BCUT2D eigenvalue weighted by molar-refractivity contribution is -0.131. The monoisotopic (exact) mass is 184 g/mol. The van der Waals surface area contributed by atoms with E-state index in [1.807, 2.05) is 13.0 Å². The molecule has 0 heterocycles. The summed E-state index contributed by atoms with van der Waals surface area (Å²) in [7, 11) is 0. The highest BCUT2D eigenvalue weighted by Gasteiger charge is 2.04. The summed E-state index contributed by atoms with van der Waals surface area (Å²) < 4.78 is 0. The first kappa shape index (κ1) is 11.9. The van der Waals surface area contributed by atoms with Gasteiger partial charge in [-0.1, -0.05) is 24.6 Å². The molecule has 0 aromatic rings. The number of hydrogen-bond donors (Lipinski definition) is 2. The number of carboxylic acid groups (broad SMARTS) is 1. The molecule has 0 fully saturated rings. The molecule has 0 aliphatic rings. The van der Waals surface area contributed by atoms with E-state index >= 15 is 0 Å². The number of aliphatic hydroxyl groups is 1. The molecule has 3 nitrogen and oxygen atoms in total. The summed E-state index contributed by atoms with van der Waals surface area (Å²) in [4.78, 5) is 10.2. The summed E-state index contributed by atoms with van der Waals surface area (Å²) in [5.41, 5.74) is 0.843. The number of rotatable bonds is 4. The summed E-state index contributed by atoms with van der Waals surface area (Å²) in [5, 5.41) is 17.5. The Bertz CT molecular complexity index is 226. The van der Waals surface area contributed by atoms with Crippen molar-refractivity contribution in [1.29, 1.82) is 0 Å². The average molecular weight is 184 g/mol. The summed E-state index contributed by atoms with van der Waals surface area (Å²) in [6.07, 6.45) is 4.03. The molecule has 0 aliphatic carbocycles. The lowest BCUT2D eigenvalue weighted by Crippen LogP contribution is -2.10. The van der Waals surface area contributed by atoms with Crippen LogP contribution >= 0.6 is 0 Å². The molecule has 2 atom stereocenters. The minimum absolute atomic E-state index is 0.0402. The maximum absolute atomic E-state index is 10.2. The van der Waals surface area contributed by atoms with E-state index in [4.69, 9.17) is 10.2 Å². The maximum atomic E-state index is 10.2. The van der Waals surface area contributed by atoms with Crippen LogP contribution in [0.1, 0.15) is 20.8 Å². The second-order valence-electron chi connectivity index (χ2n) is 3.18. The molecule has 13 heavy (non-hydrogen) atoms. The van der Waals surface area contributed by atoms with Crippen LogP contribution in [0, 0.1) is 5.92 Å². The van der Waals surface area contributed by atoms with Crippen molar-refractivity contribution in [2.45, 2.75) is 26.9 Å². The van der Waals surface area contributed by atoms with Gasteiger partial charge in [-0.15, -0.1) is 0 Å². The van der Waals surface area contributed by atoms with Crippen LogP contribution in [0.2, 0.25) is 0 Å². The van der Waals surface area contributed by atoms with Gasteiger partial charge in [0.05, 0.1) is 6.10 Å². The fourth-order valence-corrected chi connectivity index (χ4v) is 0.812. The first-order chi connectivity index (χ1) is 5.93. The highest BCUT2D eigenvalue weighted by Crippen LogP contribution is 2.08. The standard InChI is InChI=1S/C10H16O3/c1-7(4-5-10(12)13)6-8(2)9(3)11/h4-6,8-9,11H,1-3H3,(H,12,13)/b5-4+,7-6+/t8-,9+/m1/s1. The van der Waals surface area contributed by atoms with Crippen molar-refractivity contribution in [3.05, 3.63) is 23.8 Å². The quantitative estimate of drug-likeness (QED) is 0.515. The van der Waals surface area contributed by atoms with Gasteiger partial charge in [-0.05, 0) is 13.8 Å². The Kier molecular flexibility index (Phi) is 5.07. The van der Waals surface area contributed by atoms with Crippen LogP contribution in [-0.2, 0) is 4.79 Å². The molecule has 0 unspecified atom stereocenters. The van der Waals surface area contributed by atoms with Crippen LogP contribution in [0.15, 0.2) is 23.8 Å². The first-order valence-electron chi connectivity index (χ1n) is 4.21. The third-order valence-corrected chi connectivity index (χ3v) is 1.78. The Morgan fingerprint density at radius 2 is 1.85 bits per heavy atom. The molecule has 0 aliphatic heterocycles. The van der Waals surface area contributed by atoms with Gasteiger partial charge in [-0.25, -0.2) is 4.79 Å². The topological polar surface area (TPSA) is 57.5 Å². The molecular formula is C10H16O3. The third kappa shape index (κ3) is 6.11. The summed E-state index contributed by atoms with van der Waals surface area (Å²) in [6, 6.07) is 0. The lowest BCUT2D eigenvalue weighted by atomic mass is 10.0. The van der Waals surface area contributed by atoms with Crippen LogP contribution in [0.25, 0.3) is 0 Å². The fourth-order valence-electron chi connectivity index (χ4n) is 0.812. The molecular weight excluding hydrogens is 168 g/mol. The molecule has 0 saturated heterocycles. The lowest BCUT2D eigenvalue weighted by Gasteiger charge is -2.09. The molecule has 0 spiro atoms. The van der Waals surface area contributed by atoms with Gasteiger partial charge in [0.1, 0.15) is 0 Å². The SMILES string of the molecule is CC(/C=C/C(=O)O)=C\[C@@H](C)[C@H](C)O. The van der Waals surface area contributed by atoms with Crippen molar-refractivity contribution in [3.8, 4) is 0 Å². The molecule has 0 rings (SSSR count). The summed E-state index contributed by atoms with van der Waals surface area (Å²) >= 11 is 0. The fraction of sp³-hybridized carbons (Fsp3) is 0.500. The van der Waals surface area contributed by atoms with Crippen LogP contribution in [-0.4, -0.2) is 22.3 Å². The Labute approximate surface area is 78.4 Å². The molecule has 0 radical (unpaired) electrons. The maximum Gasteiger partial charge on any atom is 0.328 e. The number of aliphatic carboxylic acids is 1.